The number of hydrogen-bond donors (Lipinski definition) is 3. The van der Waals surface area contributed by atoms with Crippen molar-refractivity contribution in [1.29, 1.82) is 0 Å². The standard InChI is InChI=1S/C9H10BrFN6O4/c10-3-1-17(8(20)14-6(3)12)7-4(11)5(19)9(2-18,21-7)15-16-13/h1,4-5,7,18-19H,2H2,(H2,12,14,20)/t4-,5-,7+,9+/m0/s1. The lowest BCUT2D eigenvalue weighted by atomic mass is 10.1. The van der Waals surface area contributed by atoms with Gasteiger partial charge in [-0.1, -0.05) is 5.11 Å². The predicted octanol–water partition coefficient (Wildman–Crippen LogP) is -0.185. The van der Waals surface area contributed by atoms with Crippen LogP contribution in [0.2, 0.25) is 0 Å². The van der Waals surface area contributed by atoms with Crippen molar-refractivity contribution in [2.45, 2.75) is 24.2 Å². The molecular formula is C9H10BrFN6O4. The van der Waals surface area contributed by atoms with Crippen molar-refractivity contribution in [3.63, 3.8) is 0 Å². The van der Waals surface area contributed by atoms with E-state index in [9.17, 15) is 19.4 Å². The molecule has 1 aromatic rings. The van der Waals surface area contributed by atoms with Crippen molar-refractivity contribution < 1.29 is 19.3 Å². The molecule has 1 aliphatic rings. The van der Waals surface area contributed by atoms with Crippen LogP contribution >= 0.6 is 15.9 Å². The van der Waals surface area contributed by atoms with Crippen molar-refractivity contribution in [3.05, 3.63) is 31.6 Å². The van der Waals surface area contributed by atoms with E-state index in [0.717, 1.165) is 10.8 Å². The highest BCUT2D eigenvalue weighted by molar-refractivity contribution is 9.10. The molecule has 12 heteroatoms. The quantitative estimate of drug-likeness (QED) is 0.383. The zero-order valence-electron chi connectivity index (χ0n) is 10.3. The maximum Gasteiger partial charge on any atom is 0.351 e. The van der Waals surface area contributed by atoms with Crippen LogP contribution in [0.15, 0.2) is 20.6 Å². The molecule has 1 fully saturated rings. The lowest BCUT2D eigenvalue weighted by Gasteiger charge is -2.23. The molecule has 0 spiro atoms. The molecule has 1 aromatic heterocycles. The summed E-state index contributed by atoms with van der Waals surface area (Å²) in [7, 11) is 0. The third-order valence-corrected chi connectivity index (χ3v) is 3.62. The Balaban J connectivity index is 2.50. The van der Waals surface area contributed by atoms with Gasteiger partial charge < -0.3 is 20.7 Å². The van der Waals surface area contributed by atoms with Gasteiger partial charge >= 0.3 is 5.69 Å². The van der Waals surface area contributed by atoms with Gasteiger partial charge in [0.15, 0.2) is 12.4 Å². The van der Waals surface area contributed by atoms with Crippen LogP contribution in [0.25, 0.3) is 10.4 Å². The molecule has 0 aromatic carbocycles. The molecule has 4 N–H and O–H groups in total. The molecule has 0 saturated carbocycles. The fraction of sp³-hybridized carbons (Fsp3) is 0.556. The van der Waals surface area contributed by atoms with Gasteiger partial charge in [0, 0.05) is 11.1 Å². The monoisotopic (exact) mass is 364 g/mol. The van der Waals surface area contributed by atoms with E-state index in [1.165, 1.54) is 0 Å². The van der Waals surface area contributed by atoms with Crippen molar-refractivity contribution in [2.24, 2.45) is 5.11 Å². The third-order valence-electron chi connectivity index (χ3n) is 3.01. The number of rotatable bonds is 3. The third kappa shape index (κ3) is 2.47. The molecule has 4 atom stereocenters. The fourth-order valence-corrected chi connectivity index (χ4v) is 2.23. The van der Waals surface area contributed by atoms with Gasteiger partial charge in [-0.05, 0) is 21.5 Å². The van der Waals surface area contributed by atoms with Crippen LogP contribution in [0.3, 0.4) is 0 Å². The Kier molecular flexibility index (Phi) is 4.16. The summed E-state index contributed by atoms with van der Waals surface area (Å²) in [5.41, 5.74) is 10.7. The number of nitrogens with two attached hydrogens (primary N) is 1. The summed E-state index contributed by atoms with van der Waals surface area (Å²) in [5, 5.41) is 22.1. The minimum Gasteiger partial charge on any atom is -0.393 e. The topological polar surface area (TPSA) is 159 Å². The highest BCUT2D eigenvalue weighted by Gasteiger charge is 2.56. The molecule has 0 unspecified atom stereocenters. The lowest BCUT2D eigenvalue weighted by molar-refractivity contribution is -0.124. The van der Waals surface area contributed by atoms with E-state index in [0.29, 0.717) is 0 Å². The summed E-state index contributed by atoms with van der Waals surface area (Å²) in [4.78, 5) is 17.6. The van der Waals surface area contributed by atoms with Crippen molar-refractivity contribution in [3.8, 4) is 0 Å². The van der Waals surface area contributed by atoms with E-state index >= 15 is 0 Å². The number of halogens is 2. The SMILES string of the molecule is [N-]=[N+]=N[C@]1(CO)O[C@@H](n2cc(Br)c(N)nc2=O)[C@@H](F)[C@@H]1O. The number of aliphatic hydroxyl groups is 2. The molecule has 0 bridgehead atoms. The van der Waals surface area contributed by atoms with Crippen LogP contribution in [0, 0.1) is 0 Å². The number of ether oxygens (including phenoxy) is 1. The van der Waals surface area contributed by atoms with Gasteiger partial charge in [-0.15, -0.1) is 0 Å². The van der Waals surface area contributed by atoms with E-state index in [1.807, 2.05) is 0 Å². The number of aromatic nitrogens is 2. The number of nitrogens with zero attached hydrogens (tertiary/aromatic N) is 5. The van der Waals surface area contributed by atoms with Gasteiger partial charge in [0.2, 0.25) is 5.72 Å². The number of anilines is 1. The number of alkyl halides is 1. The highest BCUT2D eigenvalue weighted by atomic mass is 79.9. The van der Waals surface area contributed by atoms with Gasteiger partial charge in [-0.3, -0.25) is 4.57 Å². The van der Waals surface area contributed by atoms with Crippen LogP contribution < -0.4 is 11.4 Å². The van der Waals surface area contributed by atoms with Crippen LogP contribution in [0.5, 0.6) is 0 Å². The average Bonchev–Trinajstić information content (AvgIpc) is 2.69. The lowest BCUT2D eigenvalue weighted by Crippen LogP contribution is -2.43. The first-order chi connectivity index (χ1) is 9.86. The molecule has 0 amide bonds. The summed E-state index contributed by atoms with van der Waals surface area (Å²) < 4.78 is 20.2. The normalized spacial score (nSPS) is 31.9. The summed E-state index contributed by atoms with van der Waals surface area (Å²) in [6.45, 7) is -0.965. The van der Waals surface area contributed by atoms with E-state index in [4.69, 9.17) is 16.0 Å². The Morgan fingerprint density at radius 1 is 1.76 bits per heavy atom. The molecule has 0 radical (unpaired) electrons. The molecule has 1 saturated heterocycles. The maximum absolute atomic E-state index is 14.2. The van der Waals surface area contributed by atoms with Crippen molar-refractivity contribution >= 4 is 21.7 Å². The van der Waals surface area contributed by atoms with Gasteiger partial charge in [-0.2, -0.15) is 4.98 Å². The van der Waals surface area contributed by atoms with E-state index in [-0.39, 0.29) is 10.3 Å². The summed E-state index contributed by atoms with van der Waals surface area (Å²) in [6.07, 6.45) is -4.59. The first kappa shape index (κ1) is 15.7. The van der Waals surface area contributed by atoms with E-state index in [1.54, 1.807) is 0 Å². The molecule has 114 valence electrons. The van der Waals surface area contributed by atoms with Gasteiger partial charge in [-0.25, -0.2) is 9.18 Å². The molecular weight excluding hydrogens is 355 g/mol. The predicted molar refractivity (Wildman–Crippen MR) is 70.6 cm³/mol. The van der Waals surface area contributed by atoms with Gasteiger partial charge in [0.25, 0.3) is 0 Å². The van der Waals surface area contributed by atoms with Crippen LogP contribution in [0.1, 0.15) is 6.23 Å². The summed E-state index contributed by atoms with van der Waals surface area (Å²) in [6, 6.07) is 0. The molecule has 2 rings (SSSR count). The average molecular weight is 365 g/mol. The zero-order valence-corrected chi connectivity index (χ0v) is 11.9. The second kappa shape index (κ2) is 5.58. The van der Waals surface area contributed by atoms with Gasteiger partial charge in [0.1, 0.15) is 11.9 Å². The minimum atomic E-state index is -2.22. The molecule has 1 aliphatic heterocycles. The first-order valence-electron chi connectivity index (χ1n) is 5.57. The van der Waals surface area contributed by atoms with Gasteiger partial charge in [0.05, 0.1) is 11.1 Å². The second-order valence-corrected chi connectivity index (χ2v) is 5.11. The van der Waals surface area contributed by atoms with Crippen LogP contribution in [-0.2, 0) is 4.74 Å². The number of hydrogen-bond acceptors (Lipinski definition) is 7. The molecule has 2 heterocycles. The van der Waals surface area contributed by atoms with E-state index < -0.39 is 36.5 Å². The summed E-state index contributed by atoms with van der Waals surface area (Å²) >= 11 is 3.02. The van der Waals surface area contributed by atoms with Crippen molar-refractivity contribution in [2.75, 3.05) is 12.3 Å². The Morgan fingerprint density at radius 2 is 2.43 bits per heavy atom. The fourth-order valence-electron chi connectivity index (χ4n) is 1.92. The Morgan fingerprint density at radius 3 is 3.00 bits per heavy atom. The van der Waals surface area contributed by atoms with E-state index in [2.05, 4.69) is 30.9 Å². The Bertz CT molecular complexity index is 664. The smallest absolute Gasteiger partial charge is 0.351 e. The first-order valence-corrected chi connectivity index (χ1v) is 6.37. The number of aliphatic hydroxyl groups excluding tert-OH is 2. The minimum absolute atomic E-state index is 0.103. The van der Waals surface area contributed by atoms with Crippen molar-refractivity contribution in [1.82, 2.24) is 9.55 Å². The second-order valence-electron chi connectivity index (χ2n) is 4.25. The van der Waals surface area contributed by atoms with Crippen LogP contribution in [0.4, 0.5) is 10.2 Å². The Labute approximate surface area is 124 Å². The molecule has 0 aliphatic carbocycles. The number of azide groups is 1. The zero-order chi connectivity index (χ0) is 15.8. The van der Waals surface area contributed by atoms with Crippen LogP contribution in [-0.4, -0.2) is 44.4 Å². The number of nitrogen functional groups attached to an aromatic ring is 1. The summed E-state index contributed by atoms with van der Waals surface area (Å²) in [5.74, 6) is -0.103. The molecule has 21 heavy (non-hydrogen) atoms. The highest BCUT2D eigenvalue weighted by Crippen LogP contribution is 2.39. The molecule has 10 nitrogen and oxygen atoms in total. The largest absolute Gasteiger partial charge is 0.393 e. The maximum atomic E-state index is 14.2. The Hall–Kier alpha value is -1.72.